The van der Waals surface area contributed by atoms with Crippen molar-refractivity contribution in [3.63, 3.8) is 0 Å². The SMILES string of the molecule is CC1C2CC(Oc3ccc(Br)cn3)C(C2)N1C(=O)c1ccccc1-c1ncccn1. The molecule has 7 heteroatoms. The van der Waals surface area contributed by atoms with Gasteiger partial charge in [-0.15, -0.1) is 0 Å². The fraction of sp³-hybridized carbons (Fsp3) is 0.304. The van der Waals surface area contributed by atoms with Crippen molar-refractivity contribution in [2.75, 3.05) is 0 Å². The Morgan fingerprint density at radius 2 is 1.87 bits per heavy atom. The summed E-state index contributed by atoms with van der Waals surface area (Å²) in [6.07, 6.45) is 6.96. The molecule has 3 aromatic rings. The minimum absolute atomic E-state index is 0.00937. The van der Waals surface area contributed by atoms with Crippen LogP contribution >= 0.6 is 15.9 Å². The van der Waals surface area contributed by atoms with Gasteiger partial charge in [0.05, 0.1) is 11.6 Å². The molecule has 1 amide bonds. The molecule has 2 fully saturated rings. The number of ether oxygens (including phenoxy) is 1. The standard InChI is InChI=1S/C23H21BrN4O2/c1-14-15-11-19(20(12-15)30-21-8-7-16(24)13-27-21)28(14)23(29)18-6-3-2-5-17(18)22-25-9-4-10-26-22/h2-10,13-15,19-20H,11-12H2,1H3. The smallest absolute Gasteiger partial charge is 0.255 e. The minimum atomic E-state index is -0.0519. The fourth-order valence-corrected chi connectivity index (χ4v) is 4.96. The zero-order valence-corrected chi connectivity index (χ0v) is 18.1. The van der Waals surface area contributed by atoms with E-state index in [1.54, 1.807) is 24.7 Å². The molecule has 5 rings (SSSR count). The molecule has 4 atom stereocenters. The van der Waals surface area contributed by atoms with Crippen LogP contribution < -0.4 is 4.74 Å². The number of carbonyl (C=O) groups excluding carboxylic acids is 1. The lowest BCUT2D eigenvalue weighted by molar-refractivity contribution is 0.0314. The van der Waals surface area contributed by atoms with Gasteiger partial charge in [0.1, 0.15) is 6.10 Å². The number of halogens is 1. The van der Waals surface area contributed by atoms with E-state index in [1.807, 2.05) is 41.3 Å². The summed E-state index contributed by atoms with van der Waals surface area (Å²) >= 11 is 3.40. The van der Waals surface area contributed by atoms with Gasteiger partial charge in [-0.2, -0.15) is 0 Å². The number of aromatic nitrogens is 3. The molecule has 0 spiro atoms. The summed E-state index contributed by atoms with van der Waals surface area (Å²) in [5.74, 6) is 1.59. The van der Waals surface area contributed by atoms with E-state index in [0.717, 1.165) is 22.9 Å². The maximum atomic E-state index is 13.7. The lowest BCUT2D eigenvalue weighted by atomic mass is 9.97. The zero-order chi connectivity index (χ0) is 20.7. The molecule has 1 saturated heterocycles. The van der Waals surface area contributed by atoms with E-state index in [9.17, 15) is 4.79 Å². The number of rotatable bonds is 4. The third-order valence-electron chi connectivity index (χ3n) is 6.16. The van der Waals surface area contributed by atoms with Gasteiger partial charge in [0.15, 0.2) is 5.82 Å². The van der Waals surface area contributed by atoms with E-state index in [1.165, 1.54) is 0 Å². The summed E-state index contributed by atoms with van der Waals surface area (Å²) in [5, 5.41) is 0. The van der Waals surface area contributed by atoms with Gasteiger partial charge in [-0.1, -0.05) is 18.2 Å². The van der Waals surface area contributed by atoms with E-state index in [2.05, 4.69) is 37.8 Å². The van der Waals surface area contributed by atoms with E-state index in [0.29, 0.717) is 23.2 Å². The normalized spacial score (nSPS) is 24.8. The number of nitrogens with zero attached hydrogens (tertiary/aromatic N) is 4. The molecule has 0 radical (unpaired) electrons. The quantitative estimate of drug-likeness (QED) is 0.573. The van der Waals surface area contributed by atoms with Gasteiger partial charge < -0.3 is 9.64 Å². The van der Waals surface area contributed by atoms with Crippen LogP contribution in [0.5, 0.6) is 5.88 Å². The van der Waals surface area contributed by atoms with E-state index < -0.39 is 0 Å². The highest BCUT2D eigenvalue weighted by Gasteiger charge is 2.52. The fourth-order valence-electron chi connectivity index (χ4n) is 4.72. The van der Waals surface area contributed by atoms with Gasteiger partial charge in [0, 0.05) is 40.7 Å². The average molecular weight is 465 g/mol. The van der Waals surface area contributed by atoms with Crippen molar-refractivity contribution >= 4 is 21.8 Å². The second-order valence-corrected chi connectivity index (χ2v) is 8.76. The van der Waals surface area contributed by atoms with Crippen LogP contribution in [-0.4, -0.2) is 43.9 Å². The van der Waals surface area contributed by atoms with Crippen LogP contribution in [0.3, 0.4) is 0 Å². The molecule has 2 aromatic heterocycles. The highest BCUT2D eigenvalue weighted by Crippen LogP contribution is 2.45. The predicted molar refractivity (Wildman–Crippen MR) is 116 cm³/mol. The highest BCUT2D eigenvalue weighted by molar-refractivity contribution is 9.10. The second-order valence-electron chi connectivity index (χ2n) is 7.84. The van der Waals surface area contributed by atoms with Gasteiger partial charge in [0.25, 0.3) is 5.91 Å². The van der Waals surface area contributed by atoms with E-state index in [-0.39, 0.29) is 24.1 Å². The van der Waals surface area contributed by atoms with Crippen LogP contribution in [0.4, 0.5) is 0 Å². The maximum Gasteiger partial charge on any atom is 0.255 e. The largest absolute Gasteiger partial charge is 0.472 e. The van der Waals surface area contributed by atoms with Gasteiger partial charge in [0.2, 0.25) is 5.88 Å². The summed E-state index contributed by atoms with van der Waals surface area (Å²) in [5.41, 5.74) is 1.38. The number of hydrogen-bond donors (Lipinski definition) is 0. The molecule has 6 nitrogen and oxygen atoms in total. The van der Waals surface area contributed by atoms with Crippen LogP contribution in [-0.2, 0) is 0 Å². The molecule has 30 heavy (non-hydrogen) atoms. The predicted octanol–water partition coefficient (Wildman–Crippen LogP) is 4.37. The van der Waals surface area contributed by atoms with Crippen molar-refractivity contribution in [3.05, 3.63) is 71.1 Å². The van der Waals surface area contributed by atoms with Crippen molar-refractivity contribution < 1.29 is 9.53 Å². The summed E-state index contributed by atoms with van der Waals surface area (Å²) in [6, 6.07) is 13.3. The van der Waals surface area contributed by atoms with Crippen LogP contribution in [0, 0.1) is 5.92 Å². The number of likely N-dealkylation sites (tertiary alicyclic amines) is 1. The lowest BCUT2D eigenvalue weighted by Gasteiger charge is -2.38. The molecule has 1 aliphatic carbocycles. The molecule has 1 aliphatic heterocycles. The Bertz CT molecular complexity index is 1060. The van der Waals surface area contributed by atoms with Crippen molar-refractivity contribution in [2.45, 2.75) is 38.0 Å². The van der Waals surface area contributed by atoms with Crippen LogP contribution in [0.15, 0.2) is 65.5 Å². The molecular formula is C23H21BrN4O2. The number of piperidine rings is 1. The molecule has 0 N–H and O–H groups in total. The second kappa shape index (κ2) is 7.80. The third-order valence-corrected chi connectivity index (χ3v) is 6.63. The molecular weight excluding hydrogens is 444 g/mol. The Kier molecular flexibility index (Phi) is 4.98. The van der Waals surface area contributed by atoms with Gasteiger partial charge in [-0.25, -0.2) is 15.0 Å². The minimum Gasteiger partial charge on any atom is -0.472 e. The molecule has 2 aliphatic rings. The number of amides is 1. The Balaban J connectivity index is 1.43. The Labute approximate surface area is 183 Å². The molecule has 1 aromatic carbocycles. The van der Waals surface area contributed by atoms with Gasteiger partial charge >= 0.3 is 0 Å². The van der Waals surface area contributed by atoms with E-state index >= 15 is 0 Å². The molecule has 1 saturated carbocycles. The van der Waals surface area contributed by atoms with Crippen LogP contribution in [0.2, 0.25) is 0 Å². The summed E-state index contributed by atoms with van der Waals surface area (Å²) in [7, 11) is 0. The van der Waals surface area contributed by atoms with Crippen molar-refractivity contribution in [1.29, 1.82) is 0 Å². The highest BCUT2D eigenvalue weighted by atomic mass is 79.9. The van der Waals surface area contributed by atoms with E-state index in [4.69, 9.17) is 4.74 Å². The lowest BCUT2D eigenvalue weighted by Crippen LogP contribution is -2.51. The summed E-state index contributed by atoms with van der Waals surface area (Å²) in [6.45, 7) is 2.14. The van der Waals surface area contributed by atoms with Crippen LogP contribution in [0.1, 0.15) is 30.1 Å². The number of pyridine rings is 1. The number of hydrogen-bond acceptors (Lipinski definition) is 5. The first-order chi connectivity index (χ1) is 14.6. The van der Waals surface area contributed by atoms with Crippen molar-refractivity contribution in [3.8, 4) is 17.3 Å². The Morgan fingerprint density at radius 1 is 1.07 bits per heavy atom. The maximum absolute atomic E-state index is 13.7. The first-order valence-electron chi connectivity index (χ1n) is 10.1. The Morgan fingerprint density at radius 3 is 2.60 bits per heavy atom. The monoisotopic (exact) mass is 464 g/mol. The van der Waals surface area contributed by atoms with Gasteiger partial charge in [-0.3, -0.25) is 4.79 Å². The first-order valence-corrected chi connectivity index (χ1v) is 10.9. The number of benzene rings is 1. The third kappa shape index (κ3) is 3.37. The number of fused-ring (bicyclic) bond motifs is 2. The zero-order valence-electron chi connectivity index (χ0n) is 16.5. The molecule has 2 bridgehead atoms. The van der Waals surface area contributed by atoms with Crippen molar-refractivity contribution in [2.24, 2.45) is 5.92 Å². The topological polar surface area (TPSA) is 68.2 Å². The first kappa shape index (κ1) is 19.2. The Hall–Kier alpha value is -2.80. The summed E-state index contributed by atoms with van der Waals surface area (Å²) in [4.78, 5) is 28.7. The number of carbonyl (C=O) groups is 1. The molecule has 152 valence electrons. The van der Waals surface area contributed by atoms with Crippen molar-refractivity contribution in [1.82, 2.24) is 19.9 Å². The summed E-state index contributed by atoms with van der Waals surface area (Å²) < 4.78 is 7.10. The van der Waals surface area contributed by atoms with Gasteiger partial charge in [-0.05, 0) is 59.8 Å². The van der Waals surface area contributed by atoms with Crippen LogP contribution in [0.25, 0.3) is 11.4 Å². The average Bonchev–Trinajstić information content (AvgIpc) is 3.33. The molecule has 4 unspecified atom stereocenters. The molecule has 3 heterocycles.